The highest BCUT2D eigenvalue weighted by Gasteiger charge is 2.33. The number of hydrogen-bond donors (Lipinski definition) is 1. The first-order valence-electron chi connectivity index (χ1n) is 15.0. The van der Waals surface area contributed by atoms with Crippen LogP contribution in [0.5, 0.6) is 17.2 Å². The second-order valence-electron chi connectivity index (χ2n) is 10.6. The number of amides is 3. The van der Waals surface area contributed by atoms with Gasteiger partial charge in [0.2, 0.25) is 0 Å². The normalized spacial score (nSPS) is 13.6. The lowest BCUT2D eigenvalue weighted by atomic mass is 10.1. The lowest BCUT2D eigenvalue weighted by Gasteiger charge is -2.39. The molecule has 1 atom stereocenters. The number of nitrogens with zero attached hydrogens (tertiary/aromatic N) is 5. The molecule has 14 heteroatoms. The number of benzene rings is 3. The molecule has 0 bridgehead atoms. The van der Waals surface area contributed by atoms with Crippen molar-refractivity contribution < 1.29 is 28.5 Å². The maximum Gasteiger partial charge on any atom is 0.409 e. The van der Waals surface area contributed by atoms with Crippen LogP contribution in [-0.4, -0.2) is 80.8 Å². The fraction of sp³-hybridized carbons (Fsp3) is 0.333. The first-order chi connectivity index (χ1) is 22.7. The number of para-hydroxylation sites is 1. The molecule has 0 radical (unpaired) electrons. The molecule has 1 fully saturated rings. The van der Waals surface area contributed by atoms with E-state index in [0.29, 0.717) is 70.7 Å². The number of carbonyl (C=O) groups is 2. The van der Waals surface area contributed by atoms with E-state index in [9.17, 15) is 14.4 Å². The maximum absolute atomic E-state index is 14.3. The number of urea groups is 1. The number of ether oxygens (including phenoxy) is 4. The van der Waals surface area contributed by atoms with Gasteiger partial charge in [0.05, 0.1) is 58.1 Å². The zero-order valence-electron chi connectivity index (χ0n) is 26.9. The van der Waals surface area contributed by atoms with Crippen LogP contribution < -0.4 is 35.0 Å². The van der Waals surface area contributed by atoms with Crippen molar-refractivity contribution in [3.8, 4) is 17.2 Å². The Hall–Kier alpha value is -5.17. The van der Waals surface area contributed by atoms with E-state index in [0.717, 1.165) is 0 Å². The number of aromatic nitrogens is 2. The highest BCUT2D eigenvalue weighted by molar-refractivity contribution is 6.30. The van der Waals surface area contributed by atoms with Crippen molar-refractivity contribution in [3.05, 3.63) is 81.9 Å². The summed E-state index contributed by atoms with van der Waals surface area (Å²) in [5.41, 5.74) is 0.910. The minimum atomic E-state index is -0.852. The van der Waals surface area contributed by atoms with Crippen molar-refractivity contribution in [2.24, 2.45) is 0 Å². The number of halogens is 1. The molecule has 1 saturated heterocycles. The Labute approximate surface area is 277 Å². The van der Waals surface area contributed by atoms with Gasteiger partial charge in [-0.3, -0.25) is 9.69 Å². The minimum absolute atomic E-state index is 0.263. The lowest BCUT2D eigenvalue weighted by molar-refractivity contribution is 0.102. The molecule has 1 unspecified atom stereocenters. The summed E-state index contributed by atoms with van der Waals surface area (Å²) in [6, 6.07) is 15.6. The van der Waals surface area contributed by atoms with E-state index >= 15 is 0 Å². The summed E-state index contributed by atoms with van der Waals surface area (Å²) in [7, 11) is 4.54. The van der Waals surface area contributed by atoms with Gasteiger partial charge in [0.1, 0.15) is 22.8 Å². The predicted molar refractivity (Wildman–Crippen MR) is 180 cm³/mol. The van der Waals surface area contributed by atoms with Crippen molar-refractivity contribution in [1.82, 2.24) is 14.6 Å². The molecule has 0 saturated carbocycles. The Balaban J connectivity index is 1.67. The van der Waals surface area contributed by atoms with Gasteiger partial charge in [-0.05, 0) is 62.4 Å². The monoisotopic (exact) mass is 664 g/mol. The third kappa shape index (κ3) is 6.85. The van der Waals surface area contributed by atoms with Crippen LogP contribution >= 0.6 is 11.6 Å². The molecule has 1 aromatic heterocycles. The fourth-order valence-corrected chi connectivity index (χ4v) is 5.63. The van der Waals surface area contributed by atoms with Crippen molar-refractivity contribution in [2.45, 2.75) is 19.9 Å². The number of carbonyl (C=O) groups excluding carboxylic acids is 2. The molecule has 1 aliphatic heterocycles. The van der Waals surface area contributed by atoms with Crippen molar-refractivity contribution in [2.75, 3.05) is 69.3 Å². The summed E-state index contributed by atoms with van der Waals surface area (Å²) in [4.78, 5) is 49.1. The molecule has 1 N–H and O–H groups in total. The Kier molecular flexibility index (Phi) is 10.2. The molecule has 1 aliphatic rings. The van der Waals surface area contributed by atoms with Gasteiger partial charge < -0.3 is 34.2 Å². The second kappa shape index (κ2) is 14.5. The zero-order valence-corrected chi connectivity index (χ0v) is 27.6. The van der Waals surface area contributed by atoms with Crippen LogP contribution in [0.2, 0.25) is 5.02 Å². The van der Waals surface area contributed by atoms with Crippen molar-refractivity contribution in [3.63, 3.8) is 0 Å². The number of anilines is 2. The number of methoxy groups -OCH3 is 3. The number of piperazine rings is 1. The highest BCUT2D eigenvalue weighted by atomic mass is 35.5. The highest BCUT2D eigenvalue weighted by Crippen LogP contribution is 2.38. The molecule has 3 aromatic carbocycles. The first kappa shape index (κ1) is 33.2. The van der Waals surface area contributed by atoms with Gasteiger partial charge >= 0.3 is 12.1 Å². The molecule has 4 aromatic rings. The lowest BCUT2D eigenvalue weighted by Crippen LogP contribution is -2.57. The van der Waals surface area contributed by atoms with Gasteiger partial charge in [-0.15, -0.1) is 0 Å². The van der Waals surface area contributed by atoms with Crippen molar-refractivity contribution >= 4 is 46.0 Å². The first-order valence-corrected chi connectivity index (χ1v) is 15.4. The number of hydrogen-bond acceptors (Lipinski definition) is 9. The molecule has 2 heterocycles. The summed E-state index contributed by atoms with van der Waals surface area (Å²) in [6.07, 6.45) is -0.411. The Bertz CT molecular complexity index is 1810. The molecular weight excluding hydrogens is 628 g/mol. The molecule has 47 heavy (non-hydrogen) atoms. The summed E-state index contributed by atoms with van der Waals surface area (Å²) in [5.74, 6) is 1.56. The average Bonchev–Trinajstić information content (AvgIpc) is 3.09. The van der Waals surface area contributed by atoms with Crippen LogP contribution in [0, 0.1) is 0 Å². The van der Waals surface area contributed by atoms with E-state index in [2.05, 4.69) is 5.32 Å². The molecule has 0 spiro atoms. The molecule has 3 amide bonds. The van der Waals surface area contributed by atoms with Gasteiger partial charge in [-0.25, -0.2) is 19.2 Å². The van der Waals surface area contributed by atoms with E-state index < -0.39 is 18.2 Å². The van der Waals surface area contributed by atoms with E-state index in [4.69, 9.17) is 35.5 Å². The van der Waals surface area contributed by atoms with Gasteiger partial charge in [0.15, 0.2) is 5.82 Å². The van der Waals surface area contributed by atoms with E-state index in [-0.39, 0.29) is 18.0 Å². The SMILES string of the molecule is CCOC(=O)N1CCN(n2c(C(C)N(C(=O)Nc3ccc(Cl)cc3)c3ccc(OC)cc3OC)nc3c(OC)cccc3c2=O)CC1. The van der Waals surface area contributed by atoms with Gasteiger partial charge in [0, 0.05) is 29.9 Å². The van der Waals surface area contributed by atoms with Crippen LogP contribution in [0.1, 0.15) is 25.7 Å². The molecule has 248 valence electrons. The third-order valence-electron chi connectivity index (χ3n) is 7.87. The van der Waals surface area contributed by atoms with E-state index in [1.807, 2.05) is 5.01 Å². The number of rotatable bonds is 9. The van der Waals surface area contributed by atoms with Gasteiger partial charge in [-0.1, -0.05) is 17.7 Å². The van der Waals surface area contributed by atoms with Crippen LogP contribution in [-0.2, 0) is 4.74 Å². The van der Waals surface area contributed by atoms with Gasteiger partial charge in [0.25, 0.3) is 5.56 Å². The topological polar surface area (TPSA) is 128 Å². The van der Waals surface area contributed by atoms with Crippen LogP contribution in [0.3, 0.4) is 0 Å². The number of nitrogens with one attached hydrogen (secondary N) is 1. The predicted octanol–water partition coefficient (Wildman–Crippen LogP) is 5.29. The van der Waals surface area contributed by atoms with Crippen LogP contribution in [0.15, 0.2) is 65.5 Å². The largest absolute Gasteiger partial charge is 0.497 e. The fourth-order valence-electron chi connectivity index (χ4n) is 5.50. The Morgan fingerprint density at radius 1 is 0.957 bits per heavy atom. The average molecular weight is 665 g/mol. The van der Waals surface area contributed by atoms with Gasteiger partial charge in [-0.2, -0.15) is 0 Å². The second-order valence-corrected chi connectivity index (χ2v) is 11.0. The van der Waals surface area contributed by atoms with Crippen molar-refractivity contribution in [1.29, 1.82) is 0 Å². The van der Waals surface area contributed by atoms with Crippen LogP contribution in [0.25, 0.3) is 10.9 Å². The third-order valence-corrected chi connectivity index (χ3v) is 8.12. The minimum Gasteiger partial charge on any atom is -0.497 e. The molecule has 13 nitrogen and oxygen atoms in total. The summed E-state index contributed by atoms with van der Waals surface area (Å²) >= 11 is 6.09. The quantitative estimate of drug-likeness (QED) is 0.254. The van der Waals surface area contributed by atoms with E-state index in [1.54, 1.807) is 79.4 Å². The maximum atomic E-state index is 14.3. The molecule has 5 rings (SSSR count). The van der Waals surface area contributed by atoms with E-state index in [1.165, 1.54) is 30.9 Å². The Morgan fingerprint density at radius 3 is 2.30 bits per heavy atom. The molecule has 0 aliphatic carbocycles. The molecular formula is C33H37ClN6O7. The zero-order chi connectivity index (χ0) is 33.7. The number of fused-ring (bicyclic) bond motifs is 1. The Morgan fingerprint density at radius 2 is 1.66 bits per heavy atom. The summed E-state index contributed by atoms with van der Waals surface area (Å²) in [6.45, 7) is 5.07. The smallest absolute Gasteiger partial charge is 0.409 e. The standard InChI is InChI=1S/C33H37ClN6O7/c1-6-47-33(43)37-16-18-38(19-17-37)40-30(36-29-25(31(40)41)8-7-9-27(29)45-4)21(2)39(26-15-14-24(44-3)20-28(26)46-5)32(42)35-23-12-10-22(34)11-13-23/h7-15,20-21H,6,16-19H2,1-5H3,(H,35,42). The van der Waals surface area contributed by atoms with Crippen LogP contribution in [0.4, 0.5) is 21.0 Å². The summed E-state index contributed by atoms with van der Waals surface area (Å²) in [5, 5.41) is 5.62. The summed E-state index contributed by atoms with van der Waals surface area (Å²) < 4.78 is 23.4.